The molecule has 1 unspecified atom stereocenters. The number of hydrogen-bond donors (Lipinski definition) is 1. The van der Waals surface area contributed by atoms with Gasteiger partial charge in [0.2, 0.25) is 5.91 Å². The first-order valence-electron chi connectivity index (χ1n) is 8.44. The van der Waals surface area contributed by atoms with Crippen molar-refractivity contribution in [2.24, 2.45) is 7.05 Å². The second-order valence-electron chi connectivity index (χ2n) is 6.05. The molecule has 3 aromatic rings. The summed E-state index contributed by atoms with van der Waals surface area (Å²) in [6.07, 6.45) is 2.04. The van der Waals surface area contributed by atoms with Crippen LogP contribution in [0.15, 0.2) is 58.3 Å². The average Bonchev–Trinajstić information content (AvgIpc) is 3.30. The Labute approximate surface area is 161 Å². The highest BCUT2D eigenvalue weighted by atomic mass is 32.2. The van der Waals surface area contributed by atoms with E-state index in [1.54, 1.807) is 23.0 Å². The van der Waals surface area contributed by atoms with Crippen LogP contribution in [0.2, 0.25) is 0 Å². The number of nitrogens with one attached hydrogen (secondary N) is 1. The Kier molecular flexibility index (Phi) is 6.08. The number of amides is 1. The Morgan fingerprint density at radius 3 is 2.63 bits per heavy atom. The van der Waals surface area contributed by atoms with Gasteiger partial charge in [-0.25, -0.2) is 0 Å². The highest BCUT2D eigenvalue weighted by Crippen LogP contribution is 2.22. The molecular weight excluding hydrogens is 364 g/mol. The van der Waals surface area contributed by atoms with E-state index >= 15 is 0 Å². The molecule has 0 radical (unpaired) electrons. The van der Waals surface area contributed by atoms with Crippen LogP contribution in [-0.4, -0.2) is 38.2 Å². The largest absolute Gasteiger partial charge is 0.461 e. The molecule has 3 rings (SSSR count). The van der Waals surface area contributed by atoms with E-state index in [0.717, 1.165) is 5.56 Å². The van der Waals surface area contributed by atoms with Crippen LogP contribution in [-0.2, 0) is 23.1 Å². The summed E-state index contributed by atoms with van der Waals surface area (Å²) in [6.45, 7) is 1.49. The molecule has 8 heteroatoms. The molecule has 2 aromatic heterocycles. The van der Waals surface area contributed by atoms with Gasteiger partial charge in [-0.15, -0.1) is 10.2 Å². The number of nitrogens with zero attached hydrogens (tertiary/aromatic N) is 3. The van der Waals surface area contributed by atoms with Crippen molar-refractivity contribution in [2.75, 3.05) is 5.75 Å². The molecule has 0 saturated heterocycles. The number of aromatic nitrogens is 3. The van der Waals surface area contributed by atoms with Crippen molar-refractivity contribution >= 4 is 23.5 Å². The molecule has 27 heavy (non-hydrogen) atoms. The summed E-state index contributed by atoms with van der Waals surface area (Å²) >= 11 is 1.26. The molecule has 0 fully saturated rings. The average molecular weight is 384 g/mol. The maximum absolute atomic E-state index is 12.3. The van der Waals surface area contributed by atoms with Crippen molar-refractivity contribution in [1.82, 2.24) is 20.1 Å². The minimum absolute atomic E-state index is 0.0732. The number of carbonyl (C=O) groups is 2. The lowest BCUT2D eigenvalue weighted by Crippen LogP contribution is -2.42. The monoisotopic (exact) mass is 384 g/mol. The Balaban J connectivity index is 1.58. The first-order valence-corrected chi connectivity index (χ1v) is 9.43. The van der Waals surface area contributed by atoms with E-state index in [9.17, 15) is 9.59 Å². The fourth-order valence-corrected chi connectivity index (χ4v) is 3.30. The van der Waals surface area contributed by atoms with Crippen LogP contribution in [0.3, 0.4) is 0 Å². The number of ketones is 1. The maximum atomic E-state index is 12.3. The molecule has 140 valence electrons. The van der Waals surface area contributed by atoms with Gasteiger partial charge in [-0.2, -0.15) is 0 Å². The van der Waals surface area contributed by atoms with Crippen LogP contribution >= 0.6 is 11.8 Å². The number of thioether (sulfide) groups is 1. The van der Waals surface area contributed by atoms with Crippen molar-refractivity contribution in [3.63, 3.8) is 0 Å². The molecule has 1 aromatic carbocycles. The summed E-state index contributed by atoms with van der Waals surface area (Å²) < 4.78 is 7.09. The summed E-state index contributed by atoms with van der Waals surface area (Å²) in [4.78, 5) is 24.2. The second-order valence-corrected chi connectivity index (χ2v) is 6.99. The molecule has 0 spiro atoms. The van der Waals surface area contributed by atoms with Crippen LogP contribution < -0.4 is 5.32 Å². The second kappa shape index (κ2) is 8.68. The van der Waals surface area contributed by atoms with E-state index in [1.165, 1.54) is 18.7 Å². The number of carbonyl (C=O) groups excluding carboxylic acids is 2. The van der Waals surface area contributed by atoms with Crippen LogP contribution in [0.5, 0.6) is 0 Å². The standard InChI is InChI=1S/C19H20N4O3S/c1-13(24)15(11-14-7-4-3-5-8-14)20-17(25)12-27-19-22-21-18(23(19)2)16-9-6-10-26-16/h3-10,15H,11-12H2,1-2H3,(H,20,25). The van der Waals surface area contributed by atoms with E-state index in [-0.39, 0.29) is 17.4 Å². The van der Waals surface area contributed by atoms with Crippen LogP contribution in [0, 0.1) is 0 Å². The normalized spacial score (nSPS) is 11.9. The molecule has 7 nitrogen and oxygen atoms in total. The van der Waals surface area contributed by atoms with Crippen LogP contribution in [0.4, 0.5) is 0 Å². The highest BCUT2D eigenvalue weighted by molar-refractivity contribution is 7.99. The van der Waals surface area contributed by atoms with Gasteiger partial charge in [0.1, 0.15) is 0 Å². The van der Waals surface area contributed by atoms with E-state index in [2.05, 4.69) is 15.5 Å². The van der Waals surface area contributed by atoms with Gasteiger partial charge in [0.15, 0.2) is 22.5 Å². The zero-order valence-corrected chi connectivity index (χ0v) is 15.9. The third kappa shape index (κ3) is 4.85. The SMILES string of the molecule is CC(=O)C(Cc1ccccc1)NC(=O)CSc1nnc(-c2ccco2)n1C. The number of hydrogen-bond acceptors (Lipinski definition) is 6. The number of furan rings is 1. The maximum Gasteiger partial charge on any atom is 0.231 e. The summed E-state index contributed by atoms with van der Waals surface area (Å²) in [7, 11) is 1.81. The highest BCUT2D eigenvalue weighted by Gasteiger charge is 2.19. The summed E-state index contributed by atoms with van der Waals surface area (Å²) in [6, 6.07) is 12.6. The molecule has 1 N–H and O–H groups in total. The molecule has 0 aliphatic heterocycles. The van der Waals surface area contributed by atoms with Crippen molar-refractivity contribution < 1.29 is 14.0 Å². The van der Waals surface area contributed by atoms with Gasteiger partial charge in [-0.1, -0.05) is 42.1 Å². The van der Waals surface area contributed by atoms with E-state index < -0.39 is 6.04 Å². The Morgan fingerprint density at radius 1 is 1.19 bits per heavy atom. The third-order valence-corrected chi connectivity index (χ3v) is 5.04. The number of Topliss-reactive ketones (excluding diaryl/α,β-unsaturated/α-hetero) is 1. The Morgan fingerprint density at radius 2 is 1.96 bits per heavy atom. The van der Waals surface area contributed by atoms with Crippen molar-refractivity contribution in [2.45, 2.75) is 24.5 Å². The van der Waals surface area contributed by atoms with Crippen molar-refractivity contribution in [1.29, 1.82) is 0 Å². The van der Waals surface area contributed by atoms with Crippen molar-refractivity contribution in [3.05, 3.63) is 54.3 Å². The fourth-order valence-electron chi connectivity index (χ4n) is 2.57. The van der Waals surface area contributed by atoms with Gasteiger partial charge >= 0.3 is 0 Å². The molecule has 1 atom stereocenters. The van der Waals surface area contributed by atoms with Gasteiger partial charge in [-0.05, 0) is 31.0 Å². The topological polar surface area (TPSA) is 90.0 Å². The fraction of sp³-hybridized carbons (Fsp3) is 0.263. The molecule has 1 amide bonds. The van der Waals surface area contributed by atoms with E-state index in [0.29, 0.717) is 23.2 Å². The minimum Gasteiger partial charge on any atom is -0.461 e. The van der Waals surface area contributed by atoms with E-state index in [4.69, 9.17) is 4.42 Å². The zero-order chi connectivity index (χ0) is 19.2. The lowest BCUT2D eigenvalue weighted by atomic mass is 10.0. The minimum atomic E-state index is -0.543. The van der Waals surface area contributed by atoms with Gasteiger partial charge in [-0.3, -0.25) is 9.59 Å². The summed E-state index contributed by atoms with van der Waals surface area (Å²) in [5, 5.41) is 11.6. The number of benzene rings is 1. The van der Waals surface area contributed by atoms with Gasteiger partial charge in [0.25, 0.3) is 0 Å². The summed E-state index contributed by atoms with van der Waals surface area (Å²) in [5.74, 6) is 1.05. The van der Waals surface area contributed by atoms with Gasteiger partial charge in [0.05, 0.1) is 18.1 Å². The van der Waals surface area contributed by atoms with Crippen LogP contribution in [0.1, 0.15) is 12.5 Å². The predicted octanol–water partition coefficient (Wildman–Crippen LogP) is 2.48. The Bertz CT molecular complexity index is 906. The molecular formula is C19H20N4O3S. The number of rotatable bonds is 8. The third-order valence-electron chi connectivity index (χ3n) is 4.02. The first kappa shape index (κ1) is 18.9. The van der Waals surface area contributed by atoms with Gasteiger partial charge in [0, 0.05) is 7.05 Å². The lowest BCUT2D eigenvalue weighted by Gasteiger charge is -2.16. The van der Waals surface area contributed by atoms with Crippen molar-refractivity contribution in [3.8, 4) is 11.6 Å². The Hall–Kier alpha value is -2.87. The quantitative estimate of drug-likeness (QED) is 0.600. The first-order chi connectivity index (χ1) is 13.0. The molecule has 0 saturated carbocycles. The van der Waals surface area contributed by atoms with E-state index in [1.807, 2.05) is 37.4 Å². The van der Waals surface area contributed by atoms with Gasteiger partial charge < -0.3 is 14.3 Å². The summed E-state index contributed by atoms with van der Waals surface area (Å²) in [5.41, 5.74) is 1.00. The smallest absolute Gasteiger partial charge is 0.231 e. The molecule has 0 bridgehead atoms. The lowest BCUT2D eigenvalue weighted by molar-refractivity contribution is -0.125. The predicted molar refractivity (Wildman–Crippen MR) is 102 cm³/mol. The van der Waals surface area contributed by atoms with Crippen LogP contribution in [0.25, 0.3) is 11.6 Å². The molecule has 0 aliphatic rings. The zero-order valence-electron chi connectivity index (χ0n) is 15.1. The molecule has 0 aliphatic carbocycles. The molecule has 2 heterocycles.